The summed E-state index contributed by atoms with van der Waals surface area (Å²) in [5.74, 6) is 0.754. The van der Waals surface area contributed by atoms with Gasteiger partial charge >= 0.3 is 29.1 Å². The number of para-hydroxylation sites is 2. The van der Waals surface area contributed by atoms with Gasteiger partial charge in [-0.2, -0.15) is 0 Å². The number of carbonyl (C=O) groups excluding carboxylic acids is 2. The first kappa shape index (κ1) is 56.8. The van der Waals surface area contributed by atoms with Crippen LogP contribution in [0.5, 0.6) is 23.0 Å². The van der Waals surface area contributed by atoms with E-state index in [1.807, 2.05) is 78.3 Å². The molecule has 6 aromatic carbocycles. The average Bonchev–Trinajstić information content (AvgIpc) is 3.30. The molecule has 9 nitrogen and oxygen atoms in total. The van der Waals surface area contributed by atoms with Gasteiger partial charge in [0.2, 0.25) is 0 Å². The fourth-order valence-electron chi connectivity index (χ4n) is 8.79. The lowest BCUT2D eigenvalue weighted by Crippen LogP contribution is -2.25. The Hall–Kier alpha value is -5.88. The lowest BCUT2D eigenvalue weighted by molar-refractivity contribution is 0.0598. The summed E-state index contributed by atoms with van der Waals surface area (Å²) in [7, 11) is -3.25. The zero-order valence-electron chi connectivity index (χ0n) is 48.1. The van der Waals surface area contributed by atoms with Crippen LogP contribution in [-0.2, 0) is 41.8 Å². The van der Waals surface area contributed by atoms with Crippen molar-refractivity contribution in [3.05, 3.63) is 165 Å². The summed E-state index contributed by atoms with van der Waals surface area (Å²) in [5.41, 5.74) is 8.42. The molecule has 1 aliphatic heterocycles. The Kier molecular flexibility index (Phi) is 15.9. The molecule has 0 saturated heterocycles. The van der Waals surface area contributed by atoms with Crippen molar-refractivity contribution in [2.24, 2.45) is 0 Å². The Balaban J connectivity index is 1.53. The van der Waals surface area contributed by atoms with E-state index < -0.39 is 34.5 Å². The van der Waals surface area contributed by atoms with Crippen molar-refractivity contribution in [3.8, 4) is 34.1 Å². The molecule has 75 heavy (non-hydrogen) atoms. The zero-order valence-corrected chi connectivity index (χ0v) is 49.9. The number of hydrogen-bond acceptors (Lipinski definition) is 9. The highest BCUT2D eigenvalue weighted by atomic mass is 31.2. The standard InChI is InChI=1S/C64H79NO8P2/c1-40-34-43(61(8,9)10)35-47(48-36-44(62(11,12)13)37-49(57(66)68-20)56(48)71-74-65(45-26-22-21-23-27-45)52-29-25-24-28-46(52)58(67)73-74)55(40)72-75(69-53-32-30-41(59(2,3)4)38-50(53)63(14,15)16)70-54-33-31-42(60(5,6)7)39-51(54)64(17,18)19/h21-39H,1-20H3. The quantitative estimate of drug-likeness (QED) is 0.0929. The monoisotopic (exact) mass is 1050 g/mol. The van der Waals surface area contributed by atoms with Crippen molar-refractivity contribution in [3.63, 3.8) is 0 Å². The van der Waals surface area contributed by atoms with Gasteiger partial charge in [-0.25, -0.2) is 9.59 Å². The van der Waals surface area contributed by atoms with Crippen molar-refractivity contribution in [2.75, 3.05) is 11.8 Å². The fourth-order valence-corrected chi connectivity index (χ4v) is 11.4. The Morgan fingerprint density at radius 1 is 0.507 bits per heavy atom. The van der Waals surface area contributed by atoms with E-state index in [0.717, 1.165) is 33.5 Å². The number of hydrogen-bond donors (Lipinski definition) is 0. The van der Waals surface area contributed by atoms with Gasteiger partial charge in [0.1, 0.15) is 22.8 Å². The number of esters is 1. The van der Waals surface area contributed by atoms with Crippen molar-refractivity contribution < 1.29 is 36.9 Å². The Bertz CT molecular complexity index is 3010. The van der Waals surface area contributed by atoms with Gasteiger partial charge < -0.3 is 27.4 Å². The Labute approximate surface area is 450 Å². The van der Waals surface area contributed by atoms with Gasteiger partial charge in [0.25, 0.3) is 0 Å². The van der Waals surface area contributed by atoms with Gasteiger partial charge in [0, 0.05) is 22.3 Å². The number of fused-ring (bicyclic) bond motifs is 1. The molecule has 1 unspecified atom stereocenters. The second-order valence-corrected chi connectivity index (χ2v) is 28.1. The van der Waals surface area contributed by atoms with Crippen LogP contribution < -0.4 is 22.8 Å². The highest BCUT2D eigenvalue weighted by Gasteiger charge is 2.41. The molecule has 1 heterocycles. The van der Waals surface area contributed by atoms with E-state index in [9.17, 15) is 9.59 Å². The summed E-state index contributed by atoms with van der Waals surface area (Å²) in [5, 5.41) is 0. The molecule has 0 aromatic heterocycles. The third-order valence-electron chi connectivity index (χ3n) is 13.5. The van der Waals surface area contributed by atoms with Gasteiger partial charge in [-0.05, 0) is 122 Å². The van der Waals surface area contributed by atoms with Crippen molar-refractivity contribution in [2.45, 2.75) is 164 Å². The van der Waals surface area contributed by atoms with Crippen molar-refractivity contribution in [1.82, 2.24) is 0 Å². The lowest BCUT2D eigenvalue weighted by atomic mass is 9.80. The van der Waals surface area contributed by atoms with Crippen molar-refractivity contribution >= 4 is 40.4 Å². The van der Waals surface area contributed by atoms with E-state index in [2.05, 4.69) is 161 Å². The van der Waals surface area contributed by atoms with E-state index in [4.69, 9.17) is 27.4 Å². The van der Waals surface area contributed by atoms with Gasteiger partial charge in [0.05, 0.1) is 24.0 Å². The van der Waals surface area contributed by atoms with Gasteiger partial charge in [-0.3, -0.25) is 4.67 Å². The molecule has 7 rings (SSSR count). The first-order valence-corrected chi connectivity index (χ1v) is 28.1. The molecule has 0 aliphatic carbocycles. The molecular weight excluding hydrogens is 973 g/mol. The smallest absolute Gasteiger partial charge is 0.465 e. The van der Waals surface area contributed by atoms with E-state index in [1.54, 1.807) is 12.1 Å². The number of anilines is 2. The first-order chi connectivity index (χ1) is 34.7. The molecule has 11 heteroatoms. The predicted octanol–water partition coefficient (Wildman–Crippen LogP) is 18.6. The summed E-state index contributed by atoms with van der Waals surface area (Å²) >= 11 is 0. The third-order valence-corrected chi connectivity index (χ3v) is 15.9. The maximum absolute atomic E-state index is 14.4. The minimum atomic E-state index is -2.31. The second kappa shape index (κ2) is 20.9. The molecule has 0 saturated carbocycles. The number of benzene rings is 6. The molecule has 0 spiro atoms. The highest BCUT2D eigenvalue weighted by Crippen LogP contribution is 2.59. The molecule has 0 radical (unpaired) electrons. The molecule has 0 fully saturated rings. The van der Waals surface area contributed by atoms with Crippen LogP contribution in [0.2, 0.25) is 0 Å². The summed E-state index contributed by atoms with van der Waals surface area (Å²) in [6.45, 7) is 41.2. The molecule has 1 atom stereocenters. The fraction of sp³-hybridized carbons (Fsp3) is 0.406. The molecule has 1 aliphatic rings. The number of nitrogens with zero attached hydrogens (tertiary/aromatic N) is 1. The SMILES string of the molecule is COC(=O)c1cc(C(C)(C)C)cc(-c2cc(C(C)(C)C)cc(C)c2OP(Oc2ccc(C(C)(C)C)cc2C(C)(C)C)Oc2ccc(C(C)(C)C)cc2C(C)(C)C)c1OP1OC(=O)c2ccccc2N1c1ccccc1. The van der Waals surface area contributed by atoms with Crippen LogP contribution in [0.3, 0.4) is 0 Å². The Morgan fingerprint density at radius 3 is 1.45 bits per heavy atom. The maximum atomic E-state index is 14.4. The van der Waals surface area contributed by atoms with Gasteiger partial charge in [0.15, 0.2) is 5.75 Å². The number of methoxy groups -OCH3 is 1. The van der Waals surface area contributed by atoms with Crippen LogP contribution in [0.4, 0.5) is 11.4 Å². The third kappa shape index (κ3) is 12.7. The predicted molar refractivity (Wildman–Crippen MR) is 310 cm³/mol. The van der Waals surface area contributed by atoms with Crippen LogP contribution in [-0.4, -0.2) is 19.0 Å². The number of ether oxygens (including phenoxy) is 1. The average molecular weight is 1050 g/mol. The second-order valence-electron chi connectivity index (χ2n) is 25.9. The Morgan fingerprint density at radius 2 is 0.973 bits per heavy atom. The highest BCUT2D eigenvalue weighted by molar-refractivity contribution is 7.51. The summed E-state index contributed by atoms with van der Waals surface area (Å²) < 4.78 is 42.9. The van der Waals surface area contributed by atoms with Gasteiger partial charge in [-0.15, -0.1) is 0 Å². The summed E-state index contributed by atoms with van der Waals surface area (Å²) in [6, 6.07) is 37.9. The van der Waals surface area contributed by atoms with Crippen molar-refractivity contribution in [1.29, 1.82) is 0 Å². The number of rotatable bonds is 11. The zero-order chi connectivity index (χ0) is 55.4. The maximum Gasteiger partial charge on any atom is 0.530 e. The molecule has 0 N–H and O–H groups in total. The molecule has 398 valence electrons. The van der Waals surface area contributed by atoms with Crippen LogP contribution in [0.15, 0.2) is 115 Å². The lowest BCUT2D eigenvalue weighted by Gasteiger charge is -2.35. The van der Waals surface area contributed by atoms with E-state index in [-0.39, 0.29) is 38.4 Å². The van der Waals surface area contributed by atoms with Crippen LogP contribution in [0, 0.1) is 6.92 Å². The minimum Gasteiger partial charge on any atom is -0.465 e. The van der Waals surface area contributed by atoms with Crippen LogP contribution >= 0.6 is 17.1 Å². The van der Waals surface area contributed by atoms with E-state index in [1.165, 1.54) is 18.2 Å². The molecule has 6 aromatic rings. The largest absolute Gasteiger partial charge is 0.530 e. The number of carbonyl (C=O) groups is 2. The molecular formula is C64H79NO8P2. The molecule has 0 amide bonds. The summed E-state index contributed by atoms with van der Waals surface area (Å²) in [6.07, 6.45) is 0. The van der Waals surface area contributed by atoms with E-state index >= 15 is 0 Å². The topological polar surface area (TPSA) is 92.8 Å². The normalized spacial score (nSPS) is 14.5. The minimum absolute atomic E-state index is 0.114. The van der Waals surface area contributed by atoms with Gasteiger partial charge in [-0.1, -0.05) is 185 Å². The van der Waals surface area contributed by atoms with E-state index in [0.29, 0.717) is 39.6 Å². The first-order valence-electron chi connectivity index (χ1n) is 25.9. The molecule has 0 bridgehead atoms. The van der Waals surface area contributed by atoms with Crippen LogP contribution in [0.1, 0.15) is 184 Å². The summed E-state index contributed by atoms with van der Waals surface area (Å²) in [4.78, 5) is 28.4. The number of aryl methyl sites for hydroxylation is 1. The van der Waals surface area contributed by atoms with Crippen LogP contribution in [0.25, 0.3) is 11.1 Å².